The first-order valence-corrected chi connectivity index (χ1v) is 7.64. The Kier molecular flexibility index (Phi) is 7.52. The molecule has 106 valence electrons. The van der Waals surface area contributed by atoms with E-state index in [1.807, 2.05) is 25.3 Å². The van der Waals surface area contributed by atoms with Gasteiger partial charge in [0.2, 0.25) is 5.91 Å². The van der Waals surface area contributed by atoms with E-state index in [0.29, 0.717) is 24.6 Å². The van der Waals surface area contributed by atoms with E-state index in [1.165, 1.54) is 0 Å². The molecule has 0 aliphatic carbocycles. The summed E-state index contributed by atoms with van der Waals surface area (Å²) >= 11 is 1.58. The number of hydrogen-bond acceptors (Lipinski definition) is 4. The zero-order valence-corrected chi connectivity index (χ0v) is 12.3. The molecule has 2 unspecified atom stereocenters. The van der Waals surface area contributed by atoms with Gasteiger partial charge >= 0.3 is 0 Å². The van der Waals surface area contributed by atoms with Gasteiger partial charge < -0.3 is 10.4 Å². The molecule has 1 aromatic heterocycles. The van der Waals surface area contributed by atoms with Crippen LogP contribution in [-0.4, -0.2) is 34.4 Å². The Morgan fingerprint density at radius 1 is 1.53 bits per heavy atom. The van der Waals surface area contributed by atoms with Gasteiger partial charge in [0.15, 0.2) is 0 Å². The highest BCUT2D eigenvalue weighted by Crippen LogP contribution is 2.10. The number of amides is 1. The number of carbonyl (C=O) groups is 1. The summed E-state index contributed by atoms with van der Waals surface area (Å²) in [4.78, 5) is 15.6. The van der Waals surface area contributed by atoms with Gasteiger partial charge in [0.1, 0.15) is 0 Å². The van der Waals surface area contributed by atoms with Crippen LogP contribution in [0.3, 0.4) is 0 Å². The molecule has 1 amide bonds. The Labute approximate surface area is 119 Å². The normalized spacial score (nSPS) is 13.8. The van der Waals surface area contributed by atoms with E-state index in [9.17, 15) is 9.90 Å². The minimum Gasteiger partial charge on any atom is -0.393 e. The van der Waals surface area contributed by atoms with Gasteiger partial charge in [0.05, 0.1) is 11.9 Å². The Morgan fingerprint density at radius 2 is 2.32 bits per heavy atom. The number of pyridine rings is 1. The van der Waals surface area contributed by atoms with Gasteiger partial charge in [-0.1, -0.05) is 13.0 Å². The van der Waals surface area contributed by atoms with Crippen molar-refractivity contribution in [1.29, 1.82) is 0 Å². The second-order valence-electron chi connectivity index (χ2n) is 4.85. The smallest absolute Gasteiger partial charge is 0.230 e. The zero-order valence-electron chi connectivity index (χ0n) is 11.5. The van der Waals surface area contributed by atoms with Crippen LogP contribution in [0.25, 0.3) is 0 Å². The fourth-order valence-corrected chi connectivity index (χ4v) is 2.55. The highest BCUT2D eigenvalue weighted by Gasteiger charge is 2.08. The largest absolute Gasteiger partial charge is 0.393 e. The fraction of sp³-hybridized carbons (Fsp3) is 0.571. The van der Waals surface area contributed by atoms with Gasteiger partial charge in [-0.25, -0.2) is 0 Å². The van der Waals surface area contributed by atoms with E-state index in [1.54, 1.807) is 24.9 Å². The number of aromatic nitrogens is 1. The lowest BCUT2D eigenvalue weighted by molar-refractivity contribution is -0.118. The van der Waals surface area contributed by atoms with Gasteiger partial charge in [0.25, 0.3) is 0 Å². The van der Waals surface area contributed by atoms with Crippen LogP contribution in [0.1, 0.15) is 25.8 Å². The van der Waals surface area contributed by atoms with Crippen LogP contribution in [0.15, 0.2) is 24.5 Å². The lowest BCUT2D eigenvalue weighted by Crippen LogP contribution is -2.30. The number of rotatable bonds is 8. The fourth-order valence-electron chi connectivity index (χ4n) is 1.75. The summed E-state index contributed by atoms with van der Waals surface area (Å²) in [6.45, 7) is 4.41. The molecule has 1 aromatic rings. The Hall–Kier alpha value is -1.07. The number of aliphatic hydroxyl groups excluding tert-OH is 1. The standard InChI is InChI=1S/C14H22N2O2S/c1-11(6-12(2)17)7-16-14(18)10-19-9-13-4-3-5-15-8-13/h3-5,8,11-12,17H,6-7,9-10H2,1-2H3,(H,16,18). The molecule has 0 bridgehead atoms. The maximum absolute atomic E-state index is 11.6. The first kappa shape index (κ1) is 16.0. The van der Waals surface area contributed by atoms with Crippen molar-refractivity contribution in [1.82, 2.24) is 10.3 Å². The molecule has 4 nitrogen and oxygen atoms in total. The maximum atomic E-state index is 11.6. The molecule has 0 aliphatic rings. The summed E-state index contributed by atoms with van der Waals surface area (Å²) in [6, 6.07) is 3.90. The Balaban J connectivity index is 2.11. The molecule has 1 rings (SSSR count). The first-order valence-electron chi connectivity index (χ1n) is 6.49. The summed E-state index contributed by atoms with van der Waals surface area (Å²) in [5.74, 6) is 1.60. The summed E-state index contributed by atoms with van der Waals surface area (Å²) < 4.78 is 0. The topological polar surface area (TPSA) is 62.2 Å². The zero-order chi connectivity index (χ0) is 14.1. The number of thioether (sulfide) groups is 1. The van der Waals surface area contributed by atoms with Crippen LogP contribution >= 0.6 is 11.8 Å². The van der Waals surface area contributed by atoms with Crippen LogP contribution in [0, 0.1) is 5.92 Å². The molecule has 0 fully saturated rings. The van der Waals surface area contributed by atoms with Crippen molar-refractivity contribution in [3.63, 3.8) is 0 Å². The van der Waals surface area contributed by atoms with Crippen molar-refractivity contribution in [2.45, 2.75) is 32.1 Å². The predicted molar refractivity (Wildman–Crippen MR) is 78.9 cm³/mol. The van der Waals surface area contributed by atoms with Gasteiger partial charge in [-0.15, -0.1) is 11.8 Å². The minimum absolute atomic E-state index is 0.0475. The Morgan fingerprint density at radius 3 is 2.95 bits per heavy atom. The Bertz CT molecular complexity index is 371. The third-order valence-electron chi connectivity index (χ3n) is 2.62. The van der Waals surface area contributed by atoms with Crippen LogP contribution in [0.5, 0.6) is 0 Å². The number of hydrogen-bond donors (Lipinski definition) is 2. The molecular formula is C14H22N2O2S. The summed E-state index contributed by atoms with van der Waals surface area (Å²) in [5.41, 5.74) is 1.13. The average Bonchev–Trinajstić information content (AvgIpc) is 2.37. The van der Waals surface area contributed by atoms with Gasteiger partial charge in [-0.05, 0) is 30.9 Å². The highest BCUT2D eigenvalue weighted by molar-refractivity contribution is 7.99. The first-order chi connectivity index (χ1) is 9.08. The summed E-state index contributed by atoms with van der Waals surface area (Å²) in [7, 11) is 0. The van der Waals surface area contributed by atoms with Gasteiger partial charge in [-0.3, -0.25) is 9.78 Å². The quantitative estimate of drug-likeness (QED) is 0.764. The molecule has 0 spiro atoms. The van der Waals surface area contributed by atoms with Gasteiger partial charge in [0, 0.05) is 24.7 Å². The monoisotopic (exact) mass is 282 g/mol. The van der Waals surface area contributed by atoms with Crippen molar-refractivity contribution in [3.8, 4) is 0 Å². The molecular weight excluding hydrogens is 260 g/mol. The minimum atomic E-state index is -0.313. The molecule has 0 saturated heterocycles. The molecule has 0 aliphatic heterocycles. The highest BCUT2D eigenvalue weighted by atomic mass is 32.2. The number of aliphatic hydroxyl groups is 1. The molecule has 2 atom stereocenters. The van der Waals surface area contributed by atoms with Crippen molar-refractivity contribution in [2.24, 2.45) is 5.92 Å². The summed E-state index contributed by atoms with van der Waals surface area (Å²) in [6.07, 6.45) is 3.95. The van der Waals surface area contributed by atoms with Crippen LogP contribution in [-0.2, 0) is 10.5 Å². The molecule has 5 heteroatoms. The average molecular weight is 282 g/mol. The lowest BCUT2D eigenvalue weighted by Gasteiger charge is -2.14. The molecule has 0 radical (unpaired) electrons. The second kappa shape index (κ2) is 8.93. The van der Waals surface area contributed by atoms with E-state index < -0.39 is 0 Å². The van der Waals surface area contributed by atoms with E-state index in [-0.39, 0.29) is 12.0 Å². The SMILES string of the molecule is CC(O)CC(C)CNC(=O)CSCc1cccnc1. The lowest BCUT2D eigenvalue weighted by atomic mass is 10.1. The van der Waals surface area contributed by atoms with E-state index >= 15 is 0 Å². The number of nitrogens with zero attached hydrogens (tertiary/aromatic N) is 1. The third kappa shape index (κ3) is 7.85. The van der Waals surface area contributed by atoms with Crippen molar-refractivity contribution < 1.29 is 9.90 Å². The molecule has 1 heterocycles. The molecule has 19 heavy (non-hydrogen) atoms. The predicted octanol–water partition coefficient (Wildman–Crippen LogP) is 1.84. The third-order valence-corrected chi connectivity index (χ3v) is 3.62. The van der Waals surface area contributed by atoms with Crippen LogP contribution < -0.4 is 5.32 Å². The van der Waals surface area contributed by atoms with Gasteiger partial charge in [-0.2, -0.15) is 0 Å². The van der Waals surface area contributed by atoms with E-state index in [4.69, 9.17) is 0 Å². The van der Waals surface area contributed by atoms with Crippen molar-refractivity contribution >= 4 is 17.7 Å². The number of carbonyl (C=O) groups excluding carboxylic acids is 1. The molecule has 0 aromatic carbocycles. The van der Waals surface area contributed by atoms with Crippen LogP contribution in [0.2, 0.25) is 0 Å². The van der Waals surface area contributed by atoms with Crippen molar-refractivity contribution in [3.05, 3.63) is 30.1 Å². The van der Waals surface area contributed by atoms with Crippen LogP contribution in [0.4, 0.5) is 0 Å². The van der Waals surface area contributed by atoms with E-state index in [0.717, 1.165) is 11.3 Å². The maximum Gasteiger partial charge on any atom is 0.230 e. The number of nitrogens with one attached hydrogen (secondary N) is 1. The van der Waals surface area contributed by atoms with E-state index in [2.05, 4.69) is 10.3 Å². The molecule has 2 N–H and O–H groups in total. The second-order valence-corrected chi connectivity index (χ2v) is 5.83. The van der Waals surface area contributed by atoms with Crippen molar-refractivity contribution in [2.75, 3.05) is 12.3 Å². The molecule has 0 saturated carbocycles. The summed E-state index contributed by atoms with van der Waals surface area (Å²) in [5, 5.41) is 12.1.